The third kappa shape index (κ3) is 2.98. The van der Waals surface area contributed by atoms with Crippen LogP contribution in [-0.4, -0.2) is 52.2 Å². The van der Waals surface area contributed by atoms with Gasteiger partial charge in [-0.15, -0.1) is 5.10 Å². The maximum atomic E-state index is 5.45. The maximum Gasteiger partial charge on any atom is 0.0824 e. The predicted octanol–water partition coefficient (Wildman–Crippen LogP) is 1.66. The van der Waals surface area contributed by atoms with Crippen molar-refractivity contribution in [3.05, 3.63) is 11.9 Å². The van der Waals surface area contributed by atoms with E-state index in [9.17, 15) is 0 Å². The van der Waals surface area contributed by atoms with E-state index < -0.39 is 0 Å². The molecule has 1 aromatic rings. The highest BCUT2D eigenvalue weighted by atomic mass is 16.5. The summed E-state index contributed by atoms with van der Waals surface area (Å²) in [5.74, 6) is 0. The average molecular weight is 264 g/mol. The smallest absolute Gasteiger partial charge is 0.0824 e. The van der Waals surface area contributed by atoms with Crippen LogP contribution < -0.4 is 0 Å². The van der Waals surface area contributed by atoms with Crippen molar-refractivity contribution in [2.24, 2.45) is 0 Å². The first-order valence-corrected chi connectivity index (χ1v) is 7.59. The first-order valence-electron chi connectivity index (χ1n) is 7.59. The number of hydrogen-bond acceptors (Lipinski definition) is 4. The van der Waals surface area contributed by atoms with Crippen LogP contribution in [0.4, 0.5) is 0 Å². The molecule has 19 heavy (non-hydrogen) atoms. The fourth-order valence-corrected chi connectivity index (χ4v) is 3.22. The first-order chi connectivity index (χ1) is 9.36. The zero-order chi connectivity index (χ0) is 13.1. The van der Waals surface area contributed by atoms with Gasteiger partial charge in [-0.25, -0.2) is 4.68 Å². The number of aryl methyl sites for hydroxylation is 1. The van der Waals surface area contributed by atoms with Gasteiger partial charge in [0.2, 0.25) is 0 Å². The van der Waals surface area contributed by atoms with Gasteiger partial charge >= 0.3 is 0 Å². The summed E-state index contributed by atoms with van der Waals surface area (Å²) < 4.78 is 7.53. The van der Waals surface area contributed by atoms with Gasteiger partial charge in [-0.2, -0.15) is 0 Å². The Hall–Kier alpha value is -0.940. The summed E-state index contributed by atoms with van der Waals surface area (Å²) in [4.78, 5) is 2.65. The highest BCUT2D eigenvalue weighted by molar-refractivity contribution is 4.93. The van der Waals surface area contributed by atoms with Crippen LogP contribution in [0.15, 0.2) is 6.20 Å². The van der Waals surface area contributed by atoms with Crippen molar-refractivity contribution in [1.29, 1.82) is 0 Å². The minimum Gasteiger partial charge on any atom is -0.381 e. The lowest BCUT2D eigenvalue weighted by Crippen LogP contribution is -2.44. The van der Waals surface area contributed by atoms with Gasteiger partial charge in [-0.1, -0.05) is 12.1 Å². The molecular formula is C14H24N4O. The van der Waals surface area contributed by atoms with E-state index in [-0.39, 0.29) is 0 Å². The lowest BCUT2D eigenvalue weighted by Gasteiger charge is -2.39. The average Bonchev–Trinajstić information content (AvgIpc) is 2.97. The lowest BCUT2D eigenvalue weighted by atomic mass is 10.00. The SMILES string of the molecule is CCc1cn(C2CCN(C3CCOCC3)CC2)nn1. The van der Waals surface area contributed by atoms with Gasteiger partial charge in [0, 0.05) is 38.5 Å². The van der Waals surface area contributed by atoms with Crippen molar-refractivity contribution in [1.82, 2.24) is 19.9 Å². The normalized spacial score (nSPS) is 23.8. The minimum atomic E-state index is 0.545. The molecule has 0 aliphatic carbocycles. The molecule has 3 rings (SSSR count). The summed E-state index contributed by atoms with van der Waals surface area (Å²) in [6.07, 6.45) is 7.89. The Morgan fingerprint density at radius 2 is 1.89 bits per heavy atom. The van der Waals surface area contributed by atoms with Crippen LogP contribution in [0.3, 0.4) is 0 Å². The largest absolute Gasteiger partial charge is 0.381 e. The van der Waals surface area contributed by atoms with Crippen LogP contribution in [-0.2, 0) is 11.2 Å². The summed E-state index contributed by atoms with van der Waals surface area (Å²) in [7, 11) is 0. The molecular weight excluding hydrogens is 240 g/mol. The molecule has 0 amide bonds. The summed E-state index contributed by atoms with van der Waals surface area (Å²) in [5, 5.41) is 8.48. The summed E-state index contributed by atoms with van der Waals surface area (Å²) >= 11 is 0. The van der Waals surface area contributed by atoms with Gasteiger partial charge in [0.25, 0.3) is 0 Å². The second kappa shape index (κ2) is 6.01. The fraction of sp³-hybridized carbons (Fsp3) is 0.857. The summed E-state index contributed by atoms with van der Waals surface area (Å²) in [6.45, 7) is 6.39. The van der Waals surface area contributed by atoms with E-state index in [1.807, 2.05) is 0 Å². The molecule has 3 heterocycles. The Bertz CT molecular complexity index is 392. The molecule has 0 spiro atoms. The van der Waals surface area contributed by atoms with Crippen molar-refractivity contribution in [2.75, 3.05) is 26.3 Å². The number of piperidine rings is 1. The Kier molecular flexibility index (Phi) is 4.13. The third-order valence-corrected chi connectivity index (χ3v) is 4.50. The first kappa shape index (κ1) is 13.1. The van der Waals surface area contributed by atoms with Crippen molar-refractivity contribution < 1.29 is 4.74 Å². The number of nitrogens with zero attached hydrogens (tertiary/aromatic N) is 4. The zero-order valence-electron chi connectivity index (χ0n) is 11.8. The lowest BCUT2D eigenvalue weighted by molar-refractivity contribution is 0.0211. The quantitative estimate of drug-likeness (QED) is 0.832. The van der Waals surface area contributed by atoms with Gasteiger partial charge in [0.05, 0.1) is 11.7 Å². The molecule has 106 valence electrons. The fourth-order valence-electron chi connectivity index (χ4n) is 3.22. The minimum absolute atomic E-state index is 0.545. The highest BCUT2D eigenvalue weighted by Gasteiger charge is 2.27. The number of likely N-dealkylation sites (tertiary alicyclic amines) is 1. The Labute approximate surface area is 114 Å². The molecule has 2 fully saturated rings. The van der Waals surface area contributed by atoms with Crippen molar-refractivity contribution in [3.8, 4) is 0 Å². The number of rotatable bonds is 3. The monoisotopic (exact) mass is 264 g/mol. The zero-order valence-corrected chi connectivity index (χ0v) is 11.8. The Balaban J connectivity index is 1.53. The highest BCUT2D eigenvalue weighted by Crippen LogP contribution is 2.25. The Morgan fingerprint density at radius 1 is 1.16 bits per heavy atom. The molecule has 2 aliphatic heterocycles. The maximum absolute atomic E-state index is 5.45. The van der Waals surface area contributed by atoms with Crippen LogP contribution in [0.25, 0.3) is 0 Å². The van der Waals surface area contributed by atoms with Gasteiger partial charge in [-0.3, -0.25) is 0 Å². The second-order valence-corrected chi connectivity index (χ2v) is 5.65. The van der Waals surface area contributed by atoms with Crippen LogP contribution in [0, 0.1) is 0 Å². The predicted molar refractivity (Wildman–Crippen MR) is 73.1 cm³/mol. The molecule has 0 aromatic carbocycles. The number of ether oxygens (including phenoxy) is 1. The van der Waals surface area contributed by atoms with E-state index in [0.29, 0.717) is 6.04 Å². The van der Waals surface area contributed by atoms with E-state index in [2.05, 4.69) is 33.0 Å². The standard InChI is InChI=1S/C14H24N4O/c1-2-12-11-18(16-15-12)14-3-7-17(8-4-14)13-5-9-19-10-6-13/h11,13-14H,2-10H2,1H3. The van der Waals surface area contributed by atoms with Crippen molar-refractivity contribution in [2.45, 2.75) is 51.1 Å². The molecule has 2 saturated heterocycles. The molecule has 0 bridgehead atoms. The number of aromatic nitrogens is 3. The van der Waals surface area contributed by atoms with E-state index in [1.165, 1.54) is 38.8 Å². The van der Waals surface area contributed by atoms with E-state index >= 15 is 0 Å². The molecule has 1 aromatic heterocycles. The van der Waals surface area contributed by atoms with Gasteiger partial charge < -0.3 is 9.64 Å². The molecule has 5 nitrogen and oxygen atoms in total. The van der Waals surface area contributed by atoms with Gasteiger partial charge in [0.1, 0.15) is 0 Å². The van der Waals surface area contributed by atoms with Crippen LogP contribution in [0.1, 0.15) is 44.3 Å². The molecule has 0 radical (unpaired) electrons. The van der Waals surface area contributed by atoms with E-state index in [4.69, 9.17) is 4.74 Å². The van der Waals surface area contributed by atoms with Gasteiger partial charge in [0.15, 0.2) is 0 Å². The van der Waals surface area contributed by atoms with E-state index in [0.717, 1.165) is 31.4 Å². The molecule has 0 saturated carbocycles. The molecule has 5 heteroatoms. The summed E-state index contributed by atoms with van der Waals surface area (Å²) in [6, 6.07) is 1.29. The van der Waals surface area contributed by atoms with Crippen LogP contribution in [0.5, 0.6) is 0 Å². The second-order valence-electron chi connectivity index (χ2n) is 5.65. The van der Waals surface area contributed by atoms with Crippen molar-refractivity contribution in [3.63, 3.8) is 0 Å². The molecule has 0 N–H and O–H groups in total. The van der Waals surface area contributed by atoms with Gasteiger partial charge in [-0.05, 0) is 32.1 Å². The molecule has 0 unspecified atom stereocenters. The van der Waals surface area contributed by atoms with Crippen LogP contribution in [0.2, 0.25) is 0 Å². The summed E-state index contributed by atoms with van der Waals surface area (Å²) in [5.41, 5.74) is 1.10. The third-order valence-electron chi connectivity index (χ3n) is 4.50. The van der Waals surface area contributed by atoms with Crippen molar-refractivity contribution >= 4 is 0 Å². The Morgan fingerprint density at radius 3 is 2.53 bits per heavy atom. The molecule has 0 atom stereocenters. The molecule has 2 aliphatic rings. The topological polar surface area (TPSA) is 43.2 Å². The van der Waals surface area contributed by atoms with E-state index in [1.54, 1.807) is 0 Å². The number of hydrogen-bond donors (Lipinski definition) is 0. The van der Waals surface area contributed by atoms with Crippen LogP contribution >= 0.6 is 0 Å².